The molecule has 0 atom stereocenters. The number of benzene rings is 1. The Balaban J connectivity index is 0.000000620. The molecule has 1 aliphatic rings. The largest absolute Gasteiger partial charge is 0.492 e. The maximum absolute atomic E-state index is 12.7. The Labute approximate surface area is 210 Å². The molecular weight excluding hydrogens is 485 g/mol. The summed E-state index contributed by atoms with van der Waals surface area (Å²) in [6.45, 7) is 2.42. The van der Waals surface area contributed by atoms with Crippen molar-refractivity contribution in [2.45, 2.75) is 38.1 Å². The summed E-state index contributed by atoms with van der Waals surface area (Å²) in [7, 11) is 3.99. The highest BCUT2D eigenvalue weighted by molar-refractivity contribution is 6.34. The van der Waals surface area contributed by atoms with Gasteiger partial charge in [-0.25, -0.2) is 14.4 Å². The Hall–Kier alpha value is -2.49. The van der Waals surface area contributed by atoms with E-state index in [1.165, 1.54) is 19.3 Å². The number of urea groups is 1. The van der Waals surface area contributed by atoms with Crippen molar-refractivity contribution < 1.29 is 29.3 Å². The first-order valence-electron chi connectivity index (χ1n) is 11.0. The van der Waals surface area contributed by atoms with Gasteiger partial charge in [0.2, 0.25) is 0 Å². The van der Waals surface area contributed by atoms with Crippen LogP contribution in [0, 0.1) is 0 Å². The molecule has 9 nitrogen and oxygen atoms in total. The zero-order chi connectivity index (χ0) is 25.5. The molecule has 11 heteroatoms. The molecule has 1 fully saturated rings. The summed E-state index contributed by atoms with van der Waals surface area (Å²) in [6, 6.07) is 5.41. The van der Waals surface area contributed by atoms with Crippen LogP contribution in [0.3, 0.4) is 0 Å². The normalized spacial score (nSPS) is 13.8. The van der Waals surface area contributed by atoms with Crippen LogP contribution in [-0.4, -0.2) is 84.4 Å². The number of amides is 2. The van der Waals surface area contributed by atoms with E-state index in [0.717, 1.165) is 19.4 Å². The lowest BCUT2D eigenvalue weighted by Gasteiger charge is -2.34. The molecule has 34 heavy (non-hydrogen) atoms. The Morgan fingerprint density at radius 2 is 1.56 bits per heavy atom. The molecule has 0 heterocycles. The SMILES string of the molecule is CN(C)CCNC(=O)N(CCOc1cc(Cl)cc(Cl)c1)C1CCCCC1.O=C(O)/C=C\C(=O)O. The number of carbonyl (C=O) groups excluding carboxylic acids is 1. The minimum Gasteiger partial charge on any atom is -0.492 e. The number of hydrogen-bond acceptors (Lipinski definition) is 5. The highest BCUT2D eigenvalue weighted by Gasteiger charge is 2.25. The zero-order valence-electron chi connectivity index (χ0n) is 19.5. The summed E-state index contributed by atoms with van der Waals surface area (Å²) in [4.78, 5) is 35.8. The van der Waals surface area contributed by atoms with Gasteiger partial charge in [-0.15, -0.1) is 0 Å². The molecule has 190 valence electrons. The smallest absolute Gasteiger partial charge is 0.328 e. The lowest BCUT2D eigenvalue weighted by atomic mass is 9.94. The van der Waals surface area contributed by atoms with Crippen LogP contribution in [0.15, 0.2) is 30.4 Å². The van der Waals surface area contributed by atoms with E-state index in [0.29, 0.717) is 47.6 Å². The number of nitrogens with one attached hydrogen (secondary N) is 1. The van der Waals surface area contributed by atoms with Crippen LogP contribution >= 0.6 is 23.2 Å². The molecular formula is C23H33Cl2N3O6. The van der Waals surface area contributed by atoms with Crippen LogP contribution in [0.25, 0.3) is 0 Å². The third-order valence-corrected chi connectivity index (χ3v) is 5.35. The number of carbonyl (C=O) groups is 3. The van der Waals surface area contributed by atoms with Crippen LogP contribution in [0.5, 0.6) is 5.75 Å². The van der Waals surface area contributed by atoms with Crippen LogP contribution in [0.4, 0.5) is 4.79 Å². The number of carboxylic acid groups (broad SMARTS) is 2. The Kier molecular flexibility index (Phi) is 14.1. The minimum absolute atomic E-state index is 0.00789. The zero-order valence-corrected chi connectivity index (χ0v) is 21.0. The van der Waals surface area contributed by atoms with Crippen LogP contribution < -0.4 is 10.1 Å². The number of likely N-dealkylation sites (N-methyl/N-ethyl adjacent to an activating group) is 1. The molecule has 2 amide bonds. The summed E-state index contributed by atoms with van der Waals surface area (Å²) in [5.41, 5.74) is 0. The van der Waals surface area contributed by atoms with Crippen molar-refractivity contribution in [2.24, 2.45) is 0 Å². The van der Waals surface area contributed by atoms with Gasteiger partial charge >= 0.3 is 18.0 Å². The van der Waals surface area contributed by atoms with E-state index >= 15 is 0 Å². The second-order valence-electron chi connectivity index (χ2n) is 7.98. The number of hydrogen-bond donors (Lipinski definition) is 3. The van der Waals surface area contributed by atoms with E-state index in [1.807, 2.05) is 19.0 Å². The second-order valence-corrected chi connectivity index (χ2v) is 8.86. The standard InChI is InChI=1S/C19H29Cl2N3O2.C4H4O4/c1-23(2)9-8-22-19(25)24(17-6-4-3-5-7-17)10-11-26-18-13-15(20)12-16(21)14-18;5-3(6)1-2-4(7)8/h12-14,17H,3-11H2,1-2H3,(H,22,25);1-2H,(H,5,6)(H,7,8)/b;2-1-. The van der Waals surface area contributed by atoms with E-state index in [4.69, 9.17) is 38.2 Å². The number of ether oxygens (including phenoxy) is 1. The summed E-state index contributed by atoms with van der Waals surface area (Å²) in [6.07, 6.45) is 6.84. The lowest BCUT2D eigenvalue weighted by Crippen LogP contribution is -2.49. The third kappa shape index (κ3) is 13.3. The molecule has 0 saturated heterocycles. The maximum Gasteiger partial charge on any atom is 0.328 e. The molecule has 0 aliphatic heterocycles. The Morgan fingerprint density at radius 1 is 1.00 bits per heavy atom. The van der Waals surface area contributed by atoms with Gasteiger partial charge < -0.3 is 30.1 Å². The van der Waals surface area contributed by atoms with E-state index in [-0.39, 0.29) is 12.1 Å². The molecule has 0 spiro atoms. The molecule has 1 aliphatic carbocycles. The number of halogens is 2. The predicted molar refractivity (Wildman–Crippen MR) is 132 cm³/mol. The first-order valence-corrected chi connectivity index (χ1v) is 11.8. The van der Waals surface area contributed by atoms with E-state index in [9.17, 15) is 14.4 Å². The minimum atomic E-state index is -1.26. The molecule has 1 aromatic rings. The van der Waals surface area contributed by atoms with Gasteiger partial charge in [-0.1, -0.05) is 42.5 Å². The van der Waals surface area contributed by atoms with Gasteiger partial charge in [0.15, 0.2) is 0 Å². The van der Waals surface area contributed by atoms with Crippen molar-refractivity contribution in [1.82, 2.24) is 15.1 Å². The molecule has 3 N–H and O–H groups in total. The molecule has 0 aromatic heterocycles. The van der Waals surface area contributed by atoms with Crippen LogP contribution in [-0.2, 0) is 9.59 Å². The highest BCUT2D eigenvalue weighted by Crippen LogP contribution is 2.25. The van der Waals surface area contributed by atoms with Crippen molar-refractivity contribution >= 4 is 41.2 Å². The fraction of sp³-hybridized carbons (Fsp3) is 0.522. The summed E-state index contributed by atoms with van der Waals surface area (Å²) in [5, 5.41) is 19.7. The number of aliphatic carboxylic acids is 2. The average molecular weight is 518 g/mol. The van der Waals surface area contributed by atoms with Gasteiger partial charge in [-0.2, -0.15) is 0 Å². The fourth-order valence-electron chi connectivity index (χ4n) is 3.35. The van der Waals surface area contributed by atoms with Crippen molar-refractivity contribution in [3.8, 4) is 5.75 Å². The van der Waals surface area contributed by atoms with Gasteiger partial charge in [-0.05, 0) is 45.1 Å². The molecule has 1 aromatic carbocycles. The van der Waals surface area contributed by atoms with E-state index in [1.54, 1.807) is 18.2 Å². The van der Waals surface area contributed by atoms with Crippen molar-refractivity contribution in [3.63, 3.8) is 0 Å². The molecule has 0 radical (unpaired) electrons. The number of rotatable bonds is 10. The quantitative estimate of drug-likeness (QED) is 0.401. The maximum atomic E-state index is 12.7. The Bertz CT molecular complexity index is 793. The monoisotopic (exact) mass is 517 g/mol. The lowest BCUT2D eigenvalue weighted by molar-refractivity contribution is -0.134. The average Bonchev–Trinajstić information content (AvgIpc) is 2.75. The van der Waals surface area contributed by atoms with E-state index < -0.39 is 11.9 Å². The number of carboxylic acids is 2. The molecule has 2 rings (SSSR count). The van der Waals surface area contributed by atoms with Gasteiger partial charge in [0.05, 0.1) is 6.54 Å². The van der Waals surface area contributed by atoms with Gasteiger partial charge in [0, 0.05) is 41.3 Å². The molecule has 0 unspecified atom stereocenters. The predicted octanol–water partition coefficient (Wildman–Crippen LogP) is 3.99. The van der Waals surface area contributed by atoms with E-state index in [2.05, 4.69) is 10.2 Å². The van der Waals surface area contributed by atoms with Crippen molar-refractivity contribution in [2.75, 3.05) is 40.3 Å². The molecule has 0 bridgehead atoms. The van der Waals surface area contributed by atoms with Crippen LogP contribution in [0.1, 0.15) is 32.1 Å². The highest BCUT2D eigenvalue weighted by atomic mass is 35.5. The number of nitrogens with zero attached hydrogens (tertiary/aromatic N) is 2. The summed E-state index contributed by atoms with van der Waals surface area (Å²) in [5.74, 6) is -1.89. The second kappa shape index (κ2) is 16.2. The Morgan fingerprint density at radius 3 is 2.06 bits per heavy atom. The van der Waals surface area contributed by atoms with Crippen molar-refractivity contribution in [3.05, 3.63) is 40.4 Å². The summed E-state index contributed by atoms with van der Waals surface area (Å²) < 4.78 is 5.78. The topological polar surface area (TPSA) is 119 Å². The third-order valence-electron chi connectivity index (χ3n) is 4.92. The first kappa shape index (κ1) is 29.5. The summed E-state index contributed by atoms with van der Waals surface area (Å²) >= 11 is 12.0. The molecule has 1 saturated carbocycles. The van der Waals surface area contributed by atoms with Gasteiger partial charge in [-0.3, -0.25) is 0 Å². The van der Waals surface area contributed by atoms with Crippen molar-refractivity contribution in [1.29, 1.82) is 0 Å². The van der Waals surface area contributed by atoms with Gasteiger partial charge in [0.1, 0.15) is 12.4 Å². The van der Waals surface area contributed by atoms with Crippen LogP contribution in [0.2, 0.25) is 10.0 Å². The fourth-order valence-corrected chi connectivity index (χ4v) is 3.85. The first-order chi connectivity index (χ1) is 16.1. The van der Waals surface area contributed by atoms with Gasteiger partial charge in [0.25, 0.3) is 0 Å².